The van der Waals surface area contributed by atoms with E-state index in [0.29, 0.717) is 23.5 Å². The lowest BCUT2D eigenvalue weighted by atomic mass is 9.94. The third kappa shape index (κ3) is 3.45. The summed E-state index contributed by atoms with van der Waals surface area (Å²) in [5.74, 6) is -1.01. The number of Topliss-reactive ketones (excluding diaryl/α,β-unsaturated/α-hetero) is 1. The molecule has 1 aromatic heterocycles. The van der Waals surface area contributed by atoms with Gasteiger partial charge in [-0.2, -0.15) is 0 Å². The number of halogens is 1. The molecule has 5 rings (SSSR count). The Morgan fingerprint density at radius 2 is 1.94 bits per heavy atom. The van der Waals surface area contributed by atoms with Gasteiger partial charge < -0.3 is 19.2 Å². The van der Waals surface area contributed by atoms with Gasteiger partial charge in [0.1, 0.15) is 23.1 Å². The zero-order chi connectivity index (χ0) is 22.2. The van der Waals surface area contributed by atoms with Crippen molar-refractivity contribution in [2.24, 2.45) is 0 Å². The SMILES string of the molecule is O=C1C(=O)N(Cc2ccco2)C(c2ccc(F)cc2)/C1=C(/O)c1ccc2c(c1)CCCO2. The van der Waals surface area contributed by atoms with Crippen molar-refractivity contribution in [1.29, 1.82) is 0 Å². The van der Waals surface area contributed by atoms with Crippen molar-refractivity contribution < 1.29 is 28.2 Å². The zero-order valence-electron chi connectivity index (χ0n) is 17.1. The fourth-order valence-electron chi connectivity index (χ4n) is 4.27. The Morgan fingerprint density at radius 3 is 2.69 bits per heavy atom. The highest BCUT2D eigenvalue weighted by atomic mass is 19.1. The van der Waals surface area contributed by atoms with Gasteiger partial charge in [-0.1, -0.05) is 12.1 Å². The normalized spacial score (nSPS) is 19.7. The number of carbonyl (C=O) groups excluding carboxylic acids is 2. The first-order chi connectivity index (χ1) is 15.5. The summed E-state index contributed by atoms with van der Waals surface area (Å²) in [6, 6.07) is 13.3. The van der Waals surface area contributed by atoms with E-state index in [1.807, 2.05) is 0 Å². The molecule has 6 nitrogen and oxygen atoms in total. The second-order valence-corrected chi connectivity index (χ2v) is 7.83. The topological polar surface area (TPSA) is 80.0 Å². The number of aryl methyl sites for hydroxylation is 1. The van der Waals surface area contributed by atoms with E-state index in [9.17, 15) is 19.1 Å². The minimum Gasteiger partial charge on any atom is -0.507 e. The van der Waals surface area contributed by atoms with Gasteiger partial charge in [0.15, 0.2) is 0 Å². The van der Waals surface area contributed by atoms with E-state index in [1.54, 1.807) is 30.3 Å². The molecule has 0 aliphatic carbocycles. The summed E-state index contributed by atoms with van der Waals surface area (Å²) in [6.45, 7) is 0.676. The Hall–Kier alpha value is -3.87. The van der Waals surface area contributed by atoms with Gasteiger partial charge in [0.05, 0.1) is 31.0 Å². The summed E-state index contributed by atoms with van der Waals surface area (Å²) < 4.78 is 24.6. The van der Waals surface area contributed by atoms with Crippen molar-refractivity contribution in [2.75, 3.05) is 6.61 Å². The van der Waals surface area contributed by atoms with Gasteiger partial charge >= 0.3 is 0 Å². The minimum absolute atomic E-state index is 0.0361. The van der Waals surface area contributed by atoms with E-state index < -0.39 is 23.5 Å². The molecule has 2 aliphatic heterocycles. The number of ether oxygens (including phenoxy) is 1. The van der Waals surface area contributed by atoms with Crippen molar-refractivity contribution in [3.8, 4) is 5.75 Å². The number of furan rings is 1. The highest BCUT2D eigenvalue weighted by Crippen LogP contribution is 2.41. The van der Waals surface area contributed by atoms with Gasteiger partial charge in [0.25, 0.3) is 11.7 Å². The first-order valence-electron chi connectivity index (χ1n) is 10.4. The Labute approximate surface area is 183 Å². The van der Waals surface area contributed by atoms with Crippen molar-refractivity contribution in [1.82, 2.24) is 4.90 Å². The van der Waals surface area contributed by atoms with Crippen LogP contribution >= 0.6 is 0 Å². The summed E-state index contributed by atoms with van der Waals surface area (Å²) in [6.07, 6.45) is 3.14. The molecule has 1 N–H and O–H groups in total. The summed E-state index contributed by atoms with van der Waals surface area (Å²) in [5, 5.41) is 11.2. The predicted octanol–water partition coefficient (Wildman–Crippen LogP) is 4.37. The first kappa shape index (κ1) is 20.1. The quantitative estimate of drug-likeness (QED) is 0.376. The van der Waals surface area contributed by atoms with Crippen LogP contribution in [0.15, 0.2) is 70.9 Å². The van der Waals surface area contributed by atoms with Gasteiger partial charge in [-0.05, 0) is 66.4 Å². The summed E-state index contributed by atoms with van der Waals surface area (Å²) >= 11 is 0. The Morgan fingerprint density at radius 1 is 1.12 bits per heavy atom. The molecule has 3 aromatic rings. The second kappa shape index (κ2) is 8.00. The number of hydrogen-bond acceptors (Lipinski definition) is 5. The monoisotopic (exact) mass is 433 g/mol. The van der Waals surface area contributed by atoms with Crippen LogP contribution in [0.1, 0.15) is 34.9 Å². The Bertz CT molecular complexity index is 1210. The molecular weight excluding hydrogens is 413 g/mol. The lowest BCUT2D eigenvalue weighted by Gasteiger charge is -2.24. The van der Waals surface area contributed by atoms with Gasteiger partial charge in [0.2, 0.25) is 0 Å². The fourth-order valence-corrected chi connectivity index (χ4v) is 4.27. The predicted molar refractivity (Wildman–Crippen MR) is 113 cm³/mol. The highest BCUT2D eigenvalue weighted by molar-refractivity contribution is 6.46. The number of aliphatic hydroxyl groups excluding tert-OH is 1. The fraction of sp³-hybridized carbons (Fsp3) is 0.200. The maximum atomic E-state index is 13.6. The third-order valence-electron chi connectivity index (χ3n) is 5.81. The molecule has 7 heteroatoms. The molecule has 162 valence electrons. The van der Waals surface area contributed by atoms with Crippen LogP contribution in [0, 0.1) is 5.82 Å². The van der Waals surface area contributed by atoms with Crippen LogP contribution in [-0.4, -0.2) is 28.3 Å². The van der Waals surface area contributed by atoms with E-state index in [-0.39, 0.29) is 17.9 Å². The number of carbonyl (C=O) groups is 2. The first-order valence-corrected chi connectivity index (χ1v) is 10.4. The third-order valence-corrected chi connectivity index (χ3v) is 5.81. The number of ketones is 1. The zero-order valence-corrected chi connectivity index (χ0v) is 17.1. The maximum absolute atomic E-state index is 13.6. The van der Waals surface area contributed by atoms with Crippen LogP contribution in [0.4, 0.5) is 4.39 Å². The van der Waals surface area contributed by atoms with Crippen molar-refractivity contribution in [3.05, 3.63) is 94.7 Å². The summed E-state index contributed by atoms with van der Waals surface area (Å²) in [4.78, 5) is 27.4. The smallest absolute Gasteiger partial charge is 0.296 e. The largest absolute Gasteiger partial charge is 0.507 e. The maximum Gasteiger partial charge on any atom is 0.296 e. The van der Waals surface area contributed by atoms with Crippen molar-refractivity contribution >= 4 is 17.4 Å². The van der Waals surface area contributed by atoms with E-state index in [1.165, 1.54) is 35.4 Å². The van der Waals surface area contributed by atoms with Gasteiger partial charge in [-0.25, -0.2) is 4.39 Å². The van der Waals surface area contributed by atoms with E-state index >= 15 is 0 Å². The number of nitrogens with zero attached hydrogens (tertiary/aromatic N) is 1. The molecule has 32 heavy (non-hydrogen) atoms. The van der Waals surface area contributed by atoms with Gasteiger partial charge in [0, 0.05) is 5.56 Å². The second-order valence-electron chi connectivity index (χ2n) is 7.83. The van der Waals surface area contributed by atoms with Crippen molar-refractivity contribution in [3.63, 3.8) is 0 Å². The molecule has 0 spiro atoms. The average Bonchev–Trinajstić information content (AvgIpc) is 3.41. The molecule has 1 unspecified atom stereocenters. The average molecular weight is 433 g/mol. The number of likely N-dealkylation sites (tertiary alicyclic amines) is 1. The van der Waals surface area contributed by atoms with Gasteiger partial charge in [-0.15, -0.1) is 0 Å². The van der Waals surface area contributed by atoms with Crippen LogP contribution in [0.3, 0.4) is 0 Å². The molecule has 0 saturated carbocycles. The molecular formula is C25H20FNO5. The van der Waals surface area contributed by atoms with Crippen LogP contribution in [0.2, 0.25) is 0 Å². The molecule has 2 aromatic carbocycles. The minimum atomic E-state index is -0.881. The number of benzene rings is 2. The van der Waals surface area contributed by atoms with Crippen LogP contribution in [0.25, 0.3) is 5.76 Å². The number of amides is 1. The molecule has 0 radical (unpaired) electrons. The van der Waals surface area contributed by atoms with E-state index in [4.69, 9.17) is 9.15 Å². The molecule has 0 bridgehead atoms. The number of fused-ring (bicyclic) bond motifs is 1. The Kier molecular flexibility index (Phi) is 5.01. The number of hydrogen-bond donors (Lipinski definition) is 1. The van der Waals surface area contributed by atoms with Crippen molar-refractivity contribution in [2.45, 2.75) is 25.4 Å². The van der Waals surface area contributed by atoms with Crippen LogP contribution < -0.4 is 4.74 Å². The molecule has 1 atom stereocenters. The number of rotatable bonds is 4. The van der Waals surface area contributed by atoms with E-state index in [0.717, 1.165) is 24.2 Å². The summed E-state index contributed by atoms with van der Waals surface area (Å²) in [7, 11) is 0. The lowest BCUT2D eigenvalue weighted by Crippen LogP contribution is -2.29. The number of aliphatic hydroxyl groups is 1. The van der Waals surface area contributed by atoms with E-state index in [2.05, 4.69) is 0 Å². The van der Waals surface area contributed by atoms with Crippen LogP contribution in [-0.2, 0) is 22.6 Å². The summed E-state index contributed by atoms with van der Waals surface area (Å²) in [5.41, 5.74) is 1.84. The molecule has 1 fully saturated rings. The lowest BCUT2D eigenvalue weighted by molar-refractivity contribution is -0.140. The highest BCUT2D eigenvalue weighted by Gasteiger charge is 2.46. The molecule has 3 heterocycles. The standard InChI is InChI=1S/C25H20FNO5/c26-18-8-5-15(6-9-18)22-21(24(29)25(30)27(22)14-19-4-2-11-31-19)23(28)17-7-10-20-16(13-17)3-1-12-32-20/h2,4-11,13,22,28H,1,3,12,14H2/b23-21-. The molecule has 2 aliphatic rings. The molecule has 1 amide bonds. The van der Waals surface area contributed by atoms with Gasteiger partial charge in [-0.3, -0.25) is 9.59 Å². The van der Waals surface area contributed by atoms with Crippen LogP contribution in [0.5, 0.6) is 5.75 Å². The Balaban J connectivity index is 1.63. The molecule has 1 saturated heterocycles.